The van der Waals surface area contributed by atoms with E-state index in [4.69, 9.17) is 0 Å². The van der Waals surface area contributed by atoms with E-state index in [1.54, 1.807) is 13.8 Å². The second kappa shape index (κ2) is 12.1. The van der Waals surface area contributed by atoms with Crippen LogP contribution in [0.25, 0.3) is 0 Å². The molecule has 4 aliphatic rings. The molecular weight excluding hydrogens is 574 g/mol. The number of hydrogen-bond donors (Lipinski definition) is 4. The largest absolute Gasteiger partial charge is 0.429 e. The molecule has 4 N–H and O–H groups in total. The van der Waals surface area contributed by atoms with Crippen LogP contribution >= 0.6 is 0 Å². The van der Waals surface area contributed by atoms with Crippen molar-refractivity contribution in [1.82, 2.24) is 0 Å². The Morgan fingerprint density at radius 3 is 2.14 bits per heavy atom. The highest BCUT2D eigenvalue weighted by Crippen LogP contribution is 2.73. The van der Waals surface area contributed by atoms with E-state index < -0.39 is 41.2 Å². The number of hydrogen-bond acceptors (Lipinski definition) is 4. The highest BCUT2D eigenvalue weighted by molar-refractivity contribution is 5.28. The van der Waals surface area contributed by atoms with E-state index in [2.05, 4.69) is 13.0 Å². The highest BCUT2D eigenvalue weighted by Gasteiger charge is 2.69. The van der Waals surface area contributed by atoms with E-state index in [-0.39, 0.29) is 35.7 Å². The molecule has 4 saturated carbocycles. The fourth-order valence-electron chi connectivity index (χ4n) is 8.90. The van der Waals surface area contributed by atoms with Crippen LogP contribution in [0.3, 0.4) is 0 Å². The van der Waals surface area contributed by atoms with Crippen LogP contribution in [0.2, 0.25) is 0 Å². The molecule has 0 radical (unpaired) electrons. The first-order chi connectivity index (χ1) is 19.7. The molecule has 4 aliphatic carbocycles. The number of allylic oxidation sites excluding steroid dienone is 4. The minimum Gasteiger partial charge on any atom is -0.393 e. The Kier molecular flexibility index (Phi) is 9.71. The highest BCUT2D eigenvalue weighted by atomic mass is 19.4. The molecule has 0 aromatic rings. The molecule has 0 spiro atoms. The van der Waals surface area contributed by atoms with E-state index in [0.29, 0.717) is 38.5 Å². The Morgan fingerprint density at radius 2 is 1.56 bits per heavy atom. The number of aliphatic hydroxyl groups is 4. The minimum atomic E-state index is -5.89. The van der Waals surface area contributed by atoms with Crippen LogP contribution in [0, 0.1) is 28.6 Å². The molecular formula is C33H48F6O4. The lowest BCUT2D eigenvalue weighted by molar-refractivity contribution is -0.347. The maximum absolute atomic E-state index is 13.4. The second-order valence-electron chi connectivity index (χ2n) is 14.8. The Labute approximate surface area is 250 Å². The number of fused-ring (bicyclic) bond motifs is 1. The lowest BCUT2D eigenvalue weighted by Gasteiger charge is -2.46. The summed E-state index contributed by atoms with van der Waals surface area (Å²) in [7, 11) is 0. The van der Waals surface area contributed by atoms with Gasteiger partial charge in [-0.05, 0) is 126 Å². The molecule has 43 heavy (non-hydrogen) atoms. The van der Waals surface area contributed by atoms with Gasteiger partial charge in [-0.3, -0.25) is 0 Å². The third-order valence-electron chi connectivity index (χ3n) is 11.1. The van der Waals surface area contributed by atoms with Gasteiger partial charge in [0.05, 0.1) is 17.8 Å². The zero-order chi connectivity index (χ0) is 32.1. The topological polar surface area (TPSA) is 80.9 Å². The summed E-state index contributed by atoms with van der Waals surface area (Å²) in [5.41, 5.74) is -4.11. The van der Waals surface area contributed by atoms with Gasteiger partial charge in [-0.15, -0.1) is 0 Å². The molecule has 0 bridgehead atoms. The zero-order valence-corrected chi connectivity index (χ0v) is 25.4. The molecule has 2 unspecified atom stereocenters. The molecule has 246 valence electrons. The van der Waals surface area contributed by atoms with Crippen molar-refractivity contribution < 1.29 is 46.8 Å². The first-order valence-electron chi connectivity index (χ1n) is 15.7. The van der Waals surface area contributed by atoms with Gasteiger partial charge in [0.15, 0.2) is 0 Å². The van der Waals surface area contributed by atoms with Crippen molar-refractivity contribution in [2.24, 2.45) is 28.6 Å². The Morgan fingerprint density at radius 1 is 0.930 bits per heavy atom. The Balaban J connectivity index is 1.59. The molecule has 0 amide bonds. The van der Waals surface area contributed by atoms with Crippen molar-refractivity contribution >= 4 is 0 Å². The van der Waals surface area contributed by atoms with E-state index in [1.165, 1.54) is 5.57 Å². The molecule has 4 nitrogen and oxygen atoms in total. The summed E-state index contributed by atoms with van der Waals surface area (Å²) in [6.07, 6.45) is 0.650. The summed E-state index contributed by atoms with van der Waals surface area (Å²) in [4.78, 5) is 0. The first kappa shape index (κ1) is 34.5. The smallest absolute Gasteiger partial charge is 0.393 e. The van der Waals surface area contributed by atoms with Crippen LogP contribution < -0.4 is 0 Å². The number of alkyl halides is 6. The van der Waals surface area contributed by atoms with E-state index >= 15 is 0 Å². The fraction of sp³-hybridized carbons (Fsp3) is 0.818. The monoisotopic (exact) mass is 622 g/mol. The van der Waals surface area contributed by atoms with Crippen LogP contribution in [0.4, 0.5) is 26.3 Å². The maximum Gasteiger partial charge on any atom is 0.429 e. The van der Waals surface area contributed by atoms with Gasteiger partial charge in [0.25, 0.3) is 5.60 Å². The van der Waals surface area contributed by atoms with E-state index in [9.17, 15) is 46.8 Å². The average Bonchev–Trinajstić information content (AvgIpc) is 3.40. The molecule has 0 saturated heterocycles. The van der Waals surface area contributed by atoms with Gasteiger partial charge in [0.2, 0.25) is 0 Å². The lowest BCUT2D eigenvalue weighted by Crippen LogP contribution is -2.55. The molecule has 0 aliphatic heterocycles. The van der Waals surface area contributed by atoms with Gasteiger partial charge in [-0.25, -0.2) is 0 Å². The van der Waals surface area contributed by atoms with E-state index in [1.807, 2.05) is 6.08 Å². The molecule has 0 heterocycles. The van der Waals surface area contributed by atoms with Crippen molar-refractivity contribution in [2.75, 3.05) is 0 Å². The maximum atomic E-state index is 13.4. The third kappa shape index (κ3) is 7.23. The molecule has 4 fully saturated rings. The molecule has 7 atom stereocenters. The van der Waals surface area contributed by atoms with Crippen LogP contribution in [0.5, 0.6) is 0 Å². The van der Waals surface area contributed by atoms with Crippen LogP contribution in [0.1, 0.15) is 104 Å². The predicted molar refractivity (Wildman–Crippen MR) is 152 cm³/mol. The zero-order valence-electron chi connectivity index (χ0n) is 25.4. The summed E-state index contributed by atoms with van der Waals surface area (Å²) in [6, 6.07) is 0. The van der Waals surface area contributed by atoms with Crippen molar-refractivity contribution in [3.63, 3.8) is 0 Å². The molecule has 0 aromatic heterocycles. The first-order valence-corrected chi connectivity index (χ1v) is 15.7. The van der Waals surface area contributed by atoms with Crippen molar-refractivity contribution in [1.29, 1.82) is 0 Å². The Bertz CT molecular complexity index is 1060. The summed E-state index contributed by atoms with van der Waals surface area (Å²) < 4.78 is 80.3. The Hall–Kier alpha value is -1.36. The minimum absolute atomic E-state index is 0.0283. The normalized spacial score (nSPS) is 36.8. The molecule has 4 rings (SSSR count). The molecule has 0 aromatic carbocycles. The summed E-state index contributed by atoms with van der Waals surface area (Å²) in [6.45, 7) is 5.66. The van der Waals surface area contributed by atoms with Crippen LogP contribution in [-0.2, 0) is 0 Å². The quantitative estimate of drug-likeness (QED) is 0.157. The second-order valence-corrected chi connectivity index (χ2v) is 14.8. The summed E-state index contributed by atoms with van der Waals surface area (Å²) >= 11 is 0. The van der Waals surface area contributed by atoms with Gasteiger partial charge < -0.3 is 20.4 Å². The van der Waals surface area contributed by atoms with E-state index in [0.717, 1.165) is 50.2 Å². The van der Waals surface area contributed by atoms with Gasteiger partial charge in [0, 0.05) is 0 Å². The third-order valence-corrected chi connectivity index (χ3v) is 11.1. The standard InChI is InChI=1S/C33H48F6O4/c1-28(2,42)13-5-8-23-20-30(23,15-6-16-31(43,32(34,35)36)33(37,38)39)27-12-11-26-22(7-4-14-29(26,27)3)10-9-21-17-24(40)19-25(41)18-21/h6,9-10,16,23-27,40-43H,4-5,7-8,11-15,17-20H2,1-3H3/b16-6+,22-10+/t23?,24-,25-,26?,27+,29+,30+/m1/s1. The van der Waals surface area contributed by atoms with Crippen LogP contribution in [-0.4, -0.2) is 56.2 Å². The summed E-state index contributed by atoms with van der Waals surface area (Å²) in [5, 5.41) is 40.0. The fourth-order valence-corrected chi connectivity index (χ4v) is 8.90. The van der Waals surface area contributed by atoms with Gasteiger partial charge in [0.1, 0.15) is 0 Å². The van der Waals surface area contributed by atoms with Crippen molar-refractivity contribution in [3.8, 4) is 0 Å². The van der Waals surface area contributed by atoms with Gasteiger partial charge in [-0.1, -0.05) is 42.7 Å². The van der Waals surface area contributed by atoms with Crippen molar-refractivity contribution in [3.05, 3.63) is 35.5 Å². The van der Waals surface area contributed by atoms with Crippen LogP contribution in [0.15, 0.2) is 35.5 Å². The lowest BCUT2D eigenvalue weighted by atomic mass is 9.59. The summed E-state index contributed by atoms with van der Waals surface area (Å²) in [5.74, 6) is 0.454. The molecule has 10 heteroatoms. The number of rotatable bonds is 9. The average molecular weight is 623 g/mol. The predicted octanol–water partition coefficient (Wildman–Crippen LogP) is 7.71. The number of halogens is 6. The van der Waals surface area contributed by atoms with Gasteiger partial charge >= 0.3 is 12.4 Å². The number of aliphatic hydroxyl groups excluding tert-OH is 2. The van der Waals surface area contributed by atoms with Gasteiger partial charge in [-0.2, -0.15) is 26.3 Å². The van der Waals surface area contributed by atoms with Crippen molar-refractivity contribution in [2.45, 2.75) is 140 Å². The SMILES string of the molecule is CC(C)(O)CCCC1C[C@]1(C/C=C/C(O)(C(F)(F)F)C(F)(F)F)[C@H]1CCC2/C(=C/C=C3C[C@@H](O)C[C@H](O)C3)CCC[C@@]21C.